The number of hydrogen-bond acceptors (Lipinski definition) is 3. The molecule has 2 N–H and O–H groups in total. The first-order valence-corrected chi connectivity index (χ1v) is 5.66. The Bertz CT molecular complexity index is 591. The van der Waals surface area contributed by atoms with Gasteiger partial charge in [0.15, 0.2) is 5.78 Å². The van der Waals surface area contributed by atoms with E-state index in [-0.39, 0.29) is 5.78 Å². The van der Waals surface area contributed by atoms with Crippen molar-refractivity contribution in [2.24, 2.45) is 0 Å². The molecule has 0 aliphatic heterocycles. The van der Waals surface area contributed by atoms with Crippen molar-refractivity contribution < 1.29 is 9.53 Å². The number of ether oxygens (including phenoxy) is 1. The van der Waals surface area contributed by atoms with Crippen LogP contribution in [0.2, 0.25) is 0 Å². The van der Waals surface area contributed by atoms with E-state index in [1.165, 1.54) is 0 Å². The van der Waals surface area contributed by atoms with Crippen LogP contribution < -0.4 is 10.5 Å². The van der Waals surface area contributed by atoms with Crippen molar-refractivity contribution in [3.05, 3.63) is 59.2 Å². The highest BCUT2D eigenvalue weighted by atomic mass is 16.5. The van der Waals surface area contributed by atoms with Gasteiger partial charge in [0.2, 0.25) is 0 Å². The van der Waals surface area contributed by atoms with Gasteiger partial charge in [-0.1, -0.05) is 12.1 Å². The van der Waals surface area contributed by atoms with Crippen molar-refractivity contribution in [2.75, 3.05) is 12.8 Å². The lowest BCUT2D eigenvalue weighted by atomic mass is 10.0. The molecule has 2 aromatic rings. The summed E-state index contributed by atoms with van der Waals surface area (Å²) in [6.07, 6.45) is 0. The van der Waals surface area contributed by atoms with Crippen LogP contribution in [0.5, 0.6) is 5.75 Å². The molecular formula is C15H15NO2. The monoisotopic (exact) mass is 241 g/mol. The summed E-state index contributed by atoms with van der Waals surface area (Å²) in [5.74, 6) is 0.644. The molecule has 0 aliphatic rings. The summed E-state index contributed by atoms with van der Waals surface area (Å²) >= 11 is 0. The average Bonchev–Trinajstić information content (AvgIpc) is 2.41. The first kappa shape index (κ1) is 12.2. The summed E-state index contributed by atoms with van der Waals surface area (Å²) in [5.41, 5.74) is 8.58. The zero-order valence-corrected chi connectivity index (χ0v) is 10.4. The Labute approximate surface area is 106 Å². The van der Waals surface area contributed by atoms with Crippen LogP contribution in [-0.4, -0.2) is 12.9 Å². The Kier molecular flexibility index (Phi) is 3.33. The fourth-order valence-corrected chi connectivity index (χ4v) is 1.75. The molecule has 2 aromatic carbocycles. The van der Waals surface area contributed by atoms with Crippen LogP contribution in [0.1, 0.15) is 21.5 Å². The normalized spacial score (nSPS) is 10.1. The molecule has 0 fully saturated rings. The lowest BCUT2D eigenvalue weighted by Crippen LogP contribution is -2.03. The topological polar surface area (TPSA) is 52.3 Å². The summed E-state index contributed by atoms with van der Waals surface area (Å²) < 4.78 is 5.11. The number of benzene rings is 2. The van der Waals surface area contributed by atoms with E-state index in [9.17, 15) is 4.79 Å². The molecule has 0 heterocycles. The molecular weight excluding hydrogens is 226 g/mol. The molecule has 0 saturated carbocycles. The maximum Gasteiger partial charge on any atom is 0.193 e. The molecule has 0 amide bonds. The van der Waals surface area contributed by atoms with Crippen LogP contribution in [0.3, 0.4) is 0 Å². The molecule has 0 radical (unpaired) electrons. The number of carbonyl (C=O) groups excluding carboxylic acids is 1. The predicted octanol–water partition coefficient (Wildman–Crippen LogP) is 2.82. The maximum atomic E-state index is 12.3. The number of anilines is 1. The molecule has 2 rings (SSSR count). The first-order chi connectivity index (χ1) is 8.61. The van der Waals surface area contributed by atoms with Crippen LogP contribution in [0, 0.1) is 6.92 Å². The van der Waals surface area contributed by atoms with Crippen molar-refractivity contribution in [1.29, 1.82) is 0 Å². The molecule has 0 spiro atoms. The standard InChI is InChI=1S/C15H15NO2/c1-10-8-12(6-7-14(10)16)15(17)11-4-3-5-13(9-11)18-2/h3-9H,16H2,1-2H3. The fourth-order valence-electron chi connectivity index (χ4n) is 1.75. The molecule has 0 aromatic heterocycles. The van der Waals surface area contributed by atoms with Gasteiger partial charge in [0.25, 0.3) is 0 Å². The highest BCUT2D eigenvalue weighted by Crippen LogP contribution is 2.19. The second-order valence-corrected chi connectivity index (χ2v) is 4.13. The van der Waals surface area contributed by atoms with E-state index in [4.69, 9.17) is 10.5 Å². The van der Waals surface area contributed by atoms with Gasteiger partial charge in [-0.05, 0) is 42.8 Å². The number of nitrogens with two attached hydrogens (primary N) is 1. The number of methoxy groups -OCH3 is 1. The molecule has 3 heteroatoms. The minimum Gasteiger partial charge on any atom is -0.497 e. The van der Waals surface area contributed by atoms with Crippen LogP contribution in [0.25, 0.3) is 0 Å². The second kappa shape index (κ2) is 4.92. The Balaban J connectivity index is 2.38. The van der Waals surface area contributed by atoms with Gasteiger partial charge in [-0.3, -0.25) is 4.79 Å². The Morgan fingerprint density at radius 1 is 1.11 bits per heavy atom. The number of carbonyl (C=O) groups is 1. The van der Waals surface area contributed by atoms with Crippen molar-refractivity contribution >= 4 is 11.5 Å². The third kappa shape index (κ3) is 2.35. The molecule has 3 nitrogen and oxygen atoms in total. The van der Waals surface area contributed by atoms with E-state index in [0.29, 0.717) is 22.6 Å². The van der Waals surface area contributed by atoms with E-state index in [2.05, 4.69) is 0 Å². The highest BCUT2D eigenvalue weighted by Gasteiger charge is 2.10. The smallest absolute Gasteiger partial charge is 0.193 e. The third-order valence-corrected chi connectivity index (χ3v) is 2.86. The summed E-state index contributed by atoms with van der Waals surface area (Å²) in [5, 5.41) is 0. The second-order valence-electron chi connectivity index (χ2n) is 4.13. The minimum atomic E-state index is -0.0306. The number of ketones is 1. The van der Waals surface area contributed by atoms with E-state index < -0.39 is 0 Å². The zero-order chi connectivity index (χ0) is 13.1. The van der Waals surface area contributed by atoms with Crippen molar-refractivity contribution in [3.8, 4) is 5.75 Å². The van der Waals surface area contributed by atoms with Crippen molar-refractivity contribution in [2.45, 2.75) is 6.92 Å². The van der Waals surface area contributed by atoms with Gasteiger partial charge in [-0.25, -0.2) is 0 Å². The molecule has 92 valence electrons. The van der Waals surface area contributed by atoms with E-state index >= 15 is 0 Å². The van der Waals surface area contributed by atoms with Gasteiger partial charge in [0.1, 0.15) is 5.75 Å². The fraction of sp³-hybridized carbons (Fsp3) is 0.133. The van der Waals surface area contributed by atoms with Crippen LogP contribution in [0.15, 0.2) is 42.5 Å². The minimum absolute atomic E-state index is 0.0306. The van der Waals surface area contributed by atoms with Gasteiger partial charge >= 0.3 is 0 Å². The molecule has 0 bridgehead atoms. The number of rotatable bonds is 3. The van der Waals surface area contributed by atoms with Crippen molar-refractivity contribution in [3.63, 3.8) is 0 Å². The van der Waals surface area contributed by atoms with Gasteiger partial charge in [0, 0.05) is 16.8 Å². The maximum absolute atomic E-state index is 12.3. The largest absolute Gasteiger partial charge is 0.497 e. The lowest BCUT2D eigenvalue weighted by Gasteiger charge is -2.06. The van der Waals surface area contributed by atoms with Gasteiger partial charge in [0.05, 0.1) is 7.11 Å². The third-order valence-electron chi connectivity index (χ3n) is 2.86. The van der Waals surface area contributed by atoms with Gasteiger partial charge in [-0.15, -0.1) is 0 Å². The van der Waals surface area contributed by atoms with Crippen LogP contribution in [0.4, 0.5) is 5.69 Å². The Morgan fingerprint density at radius 3 is 2.50 bits per heavy atom. The molecule has 0 atom stereocenters. The van der Waals surface area contributed by atoms with Crippen LogP contribution in [-0.2, 0) is 0 Å². The summed E-state index contributed by atoms with van der Waals surface area (Å²) in [7, 11) is 1.58. The summed E-state index contributed by atoms with van der Waals surface area (Å²) in [6.45, 7) is 1.89. The number of nitrogen functional groups attached to an aromatic ring is 1. The Hall–Kier alpha value is -2.29. The quantitative estimate of drug-likeness (QED) is 0.664. The predicted molar refractivity (Wildman–Crippen MR) is 72.0 cm³/mol. The molecule has 18 heavy (non-hydrogen) atoms. The van der Waals surface area contributed by atoms with Gasteiger partial charge in [-0.2, -0.15) is 0 Å². The zero-order valence-electron chi connectivity index (χ0n) is 10.4. The van der Waals surface area contributed by atoms with Crippen LogP contribution >= 0.6 is 0 Å². The number of aryl methyl sites for hydroxylation is 1. The summed E-state index contributed by atoms with van der Waals surface area (Å²) in [6, 6.07) is 12.4. The van der Waals surface area contributed by atoms with Crippen molar-refractivity contribution in [1.82, 2.24) is 0 Å². The average molecular weight is 241 g/mol. The summed E-state index contributed by atoms with van der Waals surface area (Å²) in [4.78, 5) is 12.3. The van der Waals surface area contributed by atoms with Gasteiger partial charge < -0.3 is 10.5 Å². The van der Waals surface area contributed by atoms with E-state index in [1.54, 1.807) is 43.5 Å². The molecule has 0 saturated heterocycles. The Morgan fingerprint density at radius 2 is 1.83 bits per heavy atom. The first-order valence-electron chi connectivity index (χ1n) is 5.66. The van der Waals surface area contributed by atoms with E-state index in [1.807, 2.05) is 13.0 Å². The molecule has 0 aliphatic carbocycles. The molecule has 0 unspecified atom stereocenters. The highest BCUT2D eigenvalue weighted by molar-refractivity contribution is 6.09. The number of hydrogen-bond donors (Lipinski definition) is 1. The SMILES string of the molecule is COc1cccc(C(=O)c2ccc(N)c(C)c2)c1. The lowest BCUT2D eigenvalue weighted by molar-refractivity contribution is 0.103. The van der Waals surface area contributed by atoms with E-state index in [0.717, 1.165) is 5.56 Å².